The first-order valence-electron chi connectivity index (χ1n) is 10.3. The number of carbonyl (C=O) groups excluding carboxylic acids is 1. The van der Waals surface area contributed by atoms with Crippen LogP contribution in [0.15, 0.2) is 15.4 Å². The molecule has 1 saturated carbocycles. The molecule has 1 aliphatic carbocycles. The Labute approximate surface area is 173 Å². The molecule has 4 heterocycles. The van der Waals surface area contributed by atoms with E-state index in [1.807, 2.05) is 24.6 Å². The second-order valence-electron chi connectivity index (χ2n) is 8.35. The summed E-state index contributed by atoms with van der Waals surface area (Å²) >= 11 is 0. The molecule has 0 unspecified atom stereocenters. The van der Waals surface area contributed by atoms with E-state index < -0.39 is 0 Å². The van der Waals surface area contributed by atoms with E-state index in [0.29, 0.717) is 49.4 Å². The van der Waals surface area contributed by atoms with E-state index in [-0.39, 0.29) is 18.1 Å². The largest absolute Gasteiger partial charge is 0.361 e. The Morgan fingerprint density at radius 2 is 1.97 bits per heavy atom. The maximum atomic E-state index is 13.3. The molecule has 0 N–H and O–H groups in total. The lowest BCUT2D eigenvalue weighted by Crippen LogP contribution is -2.41. The summed E-state index contributed by atoms with van der Waals surface area (Å²) in [7, 11) is 0. The number of hydrogen-bond acceptors (Lipinski definition) is 6. The van der Waals surface area contributed by atoms with E-state index in [2.05, 4.69) is 15.4 Å². The molecule has 2 aliphatic rings. The Morgan fingerprint density at radius 1 is 1.17 bits per heavy atom. The number of amides is 1. The minimum atomic E-state index is -0.209. The minimum absolute atomic E-state index is 0.0773. The molecule has 10 nitrogen and oxygen atoms in total. The number of carbonyl (C=O) groups is 1. The second-order valence-corrected chi connectivity index (χ2v) is 8.35. The first-order chi connectivity index (χ1) is 14.4. The molecule has 30 heavy (non-hydrogen) atoms. The molecule has 3 aromatic rings. The molecule has 158 valence electrons. The van der Waals surface area contributed by atoms with Crippen LogP contribution in [-0.4, -0.2) is 46.6 Å². The van der Waals surface area contributed by atoms with E-state index in [1.165, 1.54) is 0 Å². The van der Waals surface area contributed by atoms with Gasteiger partial charge in [-0.3, -0.25) is 14.0 Å². The quantitative estimate of drug-likeness (QED) is 0.626. The highest BCUT2D eigenvalue weighted by atomic mass is 16.5. The van der Waals surface area contributed by atoms with Gasteiger partial charge in [-0.15, -0.1) is 0 Å². The van der Waals surface area contributed by atoms with Crippen molar-refractivity contribution in [1.82, 2.24) is 34.2 Å². The number of fused-ring (bicyclic) bond motifs is 1. The van der Waals surface area contributed by atoms with Gasteiger partial charge in [0, 0.05) is 30.9 Å². The fourth-order valence-corrected chi connectivity index (χ4v) is 4.02. The van der Waals surface area contributed by atoms with Gasteiger partial charge in [0.1, 0.15) is 5.76 Å². The molecule has 0 atom stereocenters. The lowest BCUT2D eigenvalue weighted by Gasteiger charge is -2.26. The third-order valence-electron chi connectivity index (χ3n) is 5.94. The van der Waals surface area contributed by atoms with E-state index in [9.17, 15) is 9.59 Å². The van der Waals surface area contributed by atoms with Crippen molar-refractivity contribution in [3.8, 4) is 0 Å². The summed E-state index contributed by atoms with van der Waals surface area (Å²) in [5.41, 5.74) is 2.88. The van der Waals surface area contributed by atoms with Crippen LogP contribution < -0.4 is 5.69 Å². The normalized spacial score (nSPS) is 16.2. The van der Waals surface area contributed by atoms with Crippen LogP contribution in [0.5, 0.6) is 0 Å². The van der Waals surface area contributed by atoms with Crippen molar-refractivity contribution in [3.63, 3.8) is 0 Å². The van der Waals surface area contributed by atoms with E-state index in [4.69, 9.17) is 4.52 Å². The smallest absolute Gasteiger partial charge is 0.346 e. The summed E-state index contributed by atoms with van der Waals surface area (Å²) in [4.78, 5) is 27.5. The molecule has 1 amide bonds. The van der Waals surface area contributed by atoms with Crippen molar-refractivity contribution in [1.29, 1.82) is 0 Å². The molecule has 0 bridgehead atoms. The number of aromatic nitrogens is 6. The highest BCUT2D eigenvalue weighted by Crippen LogP contribution is 2.30. The van der Waals surface area contributed by atoms with Gasteiger partial charge >= 0.3 is 5.69 Å². The first kappa shape index (κ1) is 18.8. The topological polar surface area (TPSA) is 104 Å². The van der Waals surface area contributed by atoms with E-state index >= 15 is 0 Å². The summed E-state index contributed by atoms with van der Waals surface area (Å²) in [6.45, 7) is 7.97. The van der Waals surface area contributed by atoms with Gasteiger partial charge in [0.2, 0.25) is 0 Å². The second kappa shape index (κ2) is 6.96. The maximum absolute atomic E-state index is 13.3. The number of aryl methyl sites for hydroxylation is 3. The molecular weight excluding hydrogens is 386 g/mol. The zero-order valence-corrected chi connectivity index (χ0v) is 17.5. The van der Waals surface area contributed by atoms with Crippen LogP contribution in [0.1, 0.15) is 51.9 Å². The third kappa shape index (κ3) is 3.25. The highest BCUT2D eigenvalue weighted by Gasteiger charge is 2.31. The van der Waals surface area contributed by atoms with Crippen LogP contribution in [0.25, 0.3) is 0 Å². The molecule has 0 aromatic carbocycles. The SMILES string of the molecule is Cc1cc(C)n(Cc2c(C(=O)N3CCn4c(nn(CC5CC5)c4=O)C3)noc2C)n1. The molecule has 1 aliphatic heterocycles. The van der Waals surface area contributed by atoms with Gasteiger partial charge in [0.25, 0.3) is 5.91 Å². The van der Waals surface area contributed by atoms with Crippen LogP contribution >= 0.6 is 0 Å². The first-order valence-corrected chi connectivity index (χ1v) is 10.3. The summed E-state index contributed by atoms with van der Waals surface area (Å²) in [5, 5.41) is 13.0. The summed E-state index contributed by atoms with van der Waals surface area (Å²) in [6, 6.07) is 1.99. The zero-order valence-electron chi connectivity index (χ0n) is 17.5. The highest BCUT2D eigenvalue weighted by molar-refractivity contribution is 5.93. The van der Waals surface area contributed by atoms with Gasteiger partial charge in [0.05, 0.1) is 18.8 Å². The standard InChI is InChI=1S/C20H25N7O3/c1-12-8-13(2)26(21-12)10-16-14(3)30-23-18(16)19(28)24-6-7-25-17(11-24)22-27(20(25)29)9-15-4-5-15/h8,15H,4-7,9-11H2,1-3H3. The Kier molecular flexibility index (Phi) is 4.37. The molecule has 5 rings (SSSR count). The molecule has 1 fully saturated rings. The van der Waals surface area contributed by atoms with Crippen molar-refractivity contribution < 1.29 is 9.32 Å². The molecule has 3 aromatic heterocycles. The molecule has 10 heteroatoms. The van der Waals surface area contributed by atoms with Crippen molar-refractivity contribution in [2.75, 3.05) is 6.54 Å². The van der Waals surface area contributed by atoms with E-state index in [1.54, 1.807) is 21.1 Å². The zero-order chi connectivity index (χ0) is 21.0. The minimum Gasteiger partial charge on any atom is -0.361 e. The van der Waals surface area contributed by atoms with Crippen LogP contribution in [-0.2, 0) is 26.2 Å². The van der Waals surface area contributed by atoms with Crippen LogP contribution in [0.2, 0.25) is 0 Å². The summed E-state index contributed by atoms with van der Waals surface area (Å²) in [5.74, 6) is 1.58. The van der Waals surface area contributed by atoms with Crippen LogP contribution in [0.3, 0.4) is 0 Å². The van der Waals surface area contributed by atoms with Gasteiger partial charge < -0.3 is 9.42 Å². The van der Waals surface area contributed by atoms with Gasteiger partial charge in [-0.25, -0.2) is 9.48 Å². The lowest BCUT2D eigenvalue weighted by atomic mass is 10.1. The predicted molar refractivity (Wildman–Crippen MR) is 106 cm³/mol. The molecule has 0 spiro atoms. The number of nitrogens with zero attached hydrogens (tertiary/aromatic N) is 7. The summed E-state index contributed by atoms with van der Waals surface area (Å²) in [6.07, 6.45) is 2.31. The monoisotopic (exact) mass is 411 g/mol. The van der Waals surface area contributed by atoms with Crippen LogP contribution in [0, 0.1) is 26.7 Å². The molecule has 0 radical (unpaired) electrons. The number of rotatable bonds is 5. The van der Waals surface area contributed by atoms with Crippen molar-refractivity contribution >= 4 is 5.91 Å². The molecule has 0 saturated heterocycles. The Balaban J connectivity index is 1.38. The Morgan fingerprint density at radius 3 is 2.67 bits per heavy atom. The molecular formula is C20H25N7O3. The average molecular weight is 411 g/mol. The third-order valence-corrected chi connectivity index (χ3v) is 5.94. The van der Waals surface area contributed by atoms with Crippen molar-refractivity contribution in [2.24, 2.45) is 5.92 Å². The van der Waals surface area contributed by atoms with E-state index in [0.717, 1.165) is 29.8 Å². The predicted octanol–water partition coefficient (Wildman–Crippen LogP) is 1.27. The Hall–Kier alpha value is -3.17. The fraction of sp³-hybridized carbons (Fsp3) is 0.550. The maximum Gasteiger partial charge on any atom is 0.346 e. The van der Waals surface area contributed by atoms with Crippen molar-refractivity contribution in [3.05, 3.63) is 50.8 Å². The Bertz CT molecular complexity index is 1180. The fourth-order valence-electron chi connectivity index (χ4n) is 4.02. The average Bonchev–Trinajstić information content (AvgIpc) is 3.28. The van der Waals surface area contributed by atoms with Crippen molar-refractivity contribution in [2.45, 2.75) is 59.8 Å². The van der Waals surface area contributed by atoms with Gasteiger partial charge in [-0.05, 0) is 45.6 Å². The number of hydrogen-bond donors (Lipinski definition) is 0. The van der Waals surface area contributed by atoms with Crippen LogP contribution in [0.4, 0.5) is 0 Å². The lowest BCUT2D eigenvalue weighted by molar-refractivity contribution is 0.0694. The summed E-state index contributed by atoms with van der Waals surface area (Å²) < 4.78 is 10.4. The van der Waals surface area contributed by atoms with Gasteiger partial charge in [-0.2, -0.15) is 10.2 Å². The van der Waals surface area contributed by atoms with Gasteiger partial charge in [0.15, 0.2) is 11.5 Å². The van der Waals surface area contributed by atoms with Gasteiger partial charge in [-0.1, -0.05) is 5.16 Å².